The van der Waals surface area contributed by atoms with Crippen molar-refractivity contribution in [3.63, 3.8) is 0 Å². The molecule has 3 fully saturated rings. The van der Waals surface area contributed by atoms with Crippen molar-refractivity contribution >= 4 is 65.4 Å². The summed E-state index contributed by atoms with van der Waals surface area (Å²) in [4.78, 5) is 0. The Balaban J connectivity index is 1.58. The third-order valence-electron chi connectivity index (χ3n) is 2.17. The molecule has 0 spiro atoms. The molecule has 62 valence electrons. The standard InChI is InChI=1S/C7H10S2Te2/c1-4(8-1)6-3-10-7(11-6)5-2-9-5/h4-7H,1-3H2. The SMILES string of the molecule is C1SC1C1C[Te]C(C2CS2)[Te]1. The summed E-state index contributed by atoms with van der Waals surface area (Å²) in [5.74, 6) is 3.08. The fraction of sp³-hybridized carbons (Fsp3) is 1.00. The second-order valence-corrected chi connectivity index (χ2v) is 15.9. The Morgan fingerprint density at radius 2 is 1.82 bits per heavy atom. The molecule has 3 aliphatic rings. The van der Waals surface area contributed by atoms with Gasteiger partial charge in [0.25, 0.3) is 0 Å². The van der Waals surface area contributed by atoms with Crippen molar-refractivity contribution in [1.29, 1.82) is 0 Å². The van der Waals surface area contributed by atoms with E-state index in [2.05, 4.69) is 23.5 Å². The summed E-state index contributed by atoms with van der Waals surface area (Å²) in [6, 6.07) is 0. The minimum atomic E-state index is 0.495. The van der Waals surface area contributed by atoms with Gasteiger partial charge in [0.2, 0.25) is 0 Å². The molecule has 0 bridgehead atoms. The van der Waals surface area contributed by atoms with E-state index in [1.807, 2.05) is 0 Å². The van der Waals surface area contributed by atoms with Gasteiger partial charge in [-0.15, -0.1) is 0 Å². The van der Waals surface area contributed by atoms with Gasteiger partial charge in [0.05, 0.1) is 0 Å². The molecule has 3 rings (SSSR count). The molecule has 0 nitrogen and oxygen atoms in total. The Bertz CT molecular complexity index is 150. The molecule has 0 saturated carbocycles. The molecule has 11 heavy (non-hydrogen) atoms. The van der Waals surface area contributed by atoms with Crippen LogP contribution < -0.4 is 0 Å². The van der Waals surface area contributed by atoms with Crippen LogP contribution in [0.3, 0.4) is 0 Å². The zero-order valence-corrected chi connectivity index (χ0v) is 12.4. The van der Waals surface area contributed by atoms with Crippen LogP contribution in [0, 0.1) is 0 Å². The van der Waals surface area contributed by atoms with E-state index < -0.39 is 0 Å². The van der Waals surface area contributed by atoms with Crippen molar-refractivity contribution in [3.8, 4) is 0 Å². The van der Waals surface area contributed by atoms with E-state index in [1.54, 1.807) is 10.2 Å². The van der Waals surface area contributed by atoms with Gasteiger partial charge in [-0.05, 0) is 0 Å². The Morgan fingerprint density at radius 3 is 2.45 bits per heavy atom. The van der Waals surface area contributed by atoms with Crippen LogP contribution in [-0.2, 0) is 0 Å². The van der Waals surface area contributed by atoms with Gasteiger partial charge < -0.3 is 0 Å². The Kier molecular flexibility index (Phi) is 2.69. The number of rotatable bonds is 2. The Morgan fingerprint density at radius 1 is 1.09 bits per heavy atom. The fourth-order valence-electron chi connectivity index (χ4n) is 1.31. The van der Waals surface area contributed by atoms with E-state index in [-0.39, 0.29) is 0 Å². The van der Waals surface area contributed by atoms with Crippen LogP contribution in [0.1, 0.15) is 0 Å². The first-order chi connectivity index (χ1) is 5.43. The first-order valence-electron chi connectivity index (χ1n) is 3.94. The maximum absolute atomic E-state index is 2.26. The van der Waals surface area contributed by atoms with Crippen LogP contribution in [0.4, 0.5) is 0 Å². The van der Waals surface area contributed by atoms with Crippen molar-refractivity contribution in [2.45, 2.75) is 20.9 Å². The zero-order valence-electron chi connectivity index (χ0n) is 6.06. The summed E-state index contributed by atoms with van der Waals surface area (Å²) in [6.45, 7) is 0. The third kappa shape index (κ3) is 2.03. The average Bonchev–Trinajstić information content (AvgIpc) is 2.90. The molecular formula is C7H10S2Te2. The quantitative estimate of drug-likeness (QED) is 0.498. The van der Waals surface area contributed by atoms with Crippen molar-refractivity contribution in [1.82, 2.24) is 0 Å². The van der Waals surface area contributed by atoms with Crippen LogP contribution in [0.5, 0.6) is 0 Å². The topological polar surface area (TPSA) is 0 Å². The molecule has 0 N–H and O–H groups in total. The molecular weight excluding hydrogens is 403 g/mol. The first kappa shape index (κ1) is 8.58. The summed E-state index contributed by atoms with van der Waals surface area (Å²) in [7, 11) is 0. The second kappa shape index (κ2) is 3.45. The molecule has 0 radical (unpaired) electrons. The monoisotopic (exact) mass is 418 g/mol. The van der Waals surface area contributed by atoms with E-state index in [4.69, 9.17) is 0 Å². The molecule has 3 saturated heterocycles. The van der Waals surface area contributed by atoms with Crippen LogP contribution in [0.2, 0.25) is 10.4 Å². The van der Waals surface area contributed by atoms with Gasteiger partial charge in [-0.1, -0.05) is 0 Å². The molecule has 0 aliphatic carbocycles. The van der Waals surface area contributed by atoms with Crippen molar-refractivity contribution in [3.05, 3.63) is 0 Å². The molecule has 0 aromatic carbocycles. The summed E-state index contributed by atoms with van der Waals surface area (Å²) in [5, 5.41) is 2.41. The van der Waals surface area contributed by atoms with Gasteiger partial charge in [0.1, 0.15) is 0 Å². The summed E-state index contributed by atoms with van der Waals surface area (Å²) >= 11 is 5.52. The number of hydrogen-bond donors (Lipinski definition) is 0. The number of hydrogen-bond acceptors (Lipinski definition) is 2. The molecule has 3 heterocycles. The Labute approximate surface area is 96.6 Å². The van der Waals surface area contributed by atoms with Gasteiger partial charge in [0.15, 0.2) is 0 Å². The van der Waals surface area contributed by atoms with E-state index in [0.29, 0.717) is 41.8 Å². The average molecular weight is 413 g/mol. The van der Waals surface area contributed by atoms with Gasteiger partial charge >= 0.3 is 97.8 Å². The molecule has 0 amide bonds. The molecule has 4 heteroatoms. The maximum atomic E-state index is 2.26. The van der Waals surface area contributed by atoms with E-state index in [9.17, 15) is 0 Å². The van der Waals surface area contributed by atoms with Gasteiger partial charge in [-0.25, -0.2) is 0 Å². The summed E-state index contributed by atoms with van der Waals surface area (Å²) in [6.07, 6.45) is 0. The van der Waals surface area contributed by atoms with Crippen molar-refractivity contribution in [2.24, 2.45) is 0 Å². The van der Waals surface area contributed by atoms with Crippen LogP contribution in [-0.4, -0.2) is 63.9 Å². The van der Waals surface area contributed by atoms with Gasteiger partial charge in [-0.2, -0.15) is 0 Å². The van der Waals surface area contributed by atoms with Crippen LogP contribution in [0.25, 0.3) is 0 Å². The van der Waals surface area contributed by atoms with E-state index >= 15 is 0 Å². The van der Waals surface area contributed by atoms with Crippen LogP contribution in [0.15, 0.2) is 0 Å². The Hall–Kier alpha value is 2.28. The van der Waals surface area contributed by atoms with E-state index in [0.717, 1.165) is 0 Å². The fourth-order valence-corrected chi connectivity index (χ4v) is 21.7. The molecule has 4 unspecified atom stereocenters. The summed E-state index contributed by atoms with van der Waals surface area (Å²) < 4.78 is 4.45. The van der Waals surface area contributed by atoms with Gasteiger partial charge in [-0.3, -0.25) is 0 Å². The first-order valence-corrected chi connectivity index (χ1v) is 11.7. The summed E-state index contributed by atoms with van der Waals surface area (Å²) in [5.41, 5.74) is 0. The van der Waals surface area contributed by atoms with Gasteiger partial charge in [0, 0.05) is 0 Å². The molecule has 0 aromatic heterocycles. The normalized spacial score (nSPS) is 54.5. The van der Waals surface area contributed by atoms with E-state index in [1.165, 1.54) is 22.2 Å². The minimum absolute atomic E-state index is 0.495. The molecule has 3 aliphatic heterocycles. The number of thioether (sulfide) groups is 2. The predicted molar refractivity (Wildman–Crippen MR) is 56.3 cm³/mol. The van der Waals surface area contributed by atoms with Crippen molar-refractivity contribution < 1.29 is 0 Å². The second-order valence-electron chi connectivity index (χ2n) is 3.12. The predicted octanol–water partition coefficient (Wildman–Crippen LogP) is 1.59. The molecule has 4 atom stereocenters. The molecule has 0 aromatic rings. The third-order valence-corrected chi connectivity index (χ3v) is 20.2. The zero-order chi connectivity index (χ0) is 7.26. The van der Waals surface area contributed by atoms with Crippen molar-refractivity contribution in [2.75, 3.05) is 11.5 Å². The van der Waals surface area contributed by atoms with Crippen LogP contribution >= 0.6 is 23.5 Å².